The average Bonchev–Trinajstić information content (AvgIpc) is 3.20. The fraction of sp³-hybridized carbons (Fsp3) is 0.667. The van der Waals surface area contributed by atoms with E-state index in [9.17, 15) is 4.79 Å². The van der Waals surface area contributed by atoms with E-state index < -0.39 is 0 Å². The zero-order valence-corrected chi connectivity index (χ0v) is 18.4. The van der Waals surface area contributed by atoms with Crippen LogP contribution in [0.25, 0.3) is 0 Å². The van der Waals surface area contributed by atoms with E-state index in [0.29, 0.717) is 18.9 Å². The molecule has 160 valence electrons. The highest BCUT2D eigenvalue weighted by Gasteiger charge is 2.34. The van der Waals surface area contributed by atoms with Gasteiger partial charge in [0.1, 0.15) is 0 Å². The molecular formula is C21H35Cl2N3O2. The molecule has 3 rings (SSSR count). The molecule has 2 atom stereocenters. The summed E-state index contributed by atoms with van der Waals surface area (Å²) in [5.74, 6) is 0.839. The highest BCUT2D eigenvalue weighted by atomic mass is 35.5. The van der Waals surface area contributed by atoms with Crippen LogP contribution in [-0.4, -0.2) is 44.3 Å². The summed E-state index contributed by atoms with van der Waals surface area (Å²) in [6, 6.07) is 10.7. The number of amides is 1. The number of ether oxygens (including phenoxy) is 1. The Morgan fingerprint density at radius 2 is 1.96 bits per heavy atom. The Morgan fingerprint density at radius 1 is 1.25 bits per heavy atom. The number of carbonyl (C=O) groups is 1. The first-order chi connectivity index (χ1) is 12.7. The third kappa shape index (κ3) is 7.53. The summed E-state index contributed by atoms with van der Waals surface area (Å²) in [6.45, 7) is 6.52. The van der Waals surface area contributed by atoms with Crippen LogP contribution in [0.15, 0.2) is 30.3 Å². The molecule has 0 saturated carbocycles. The highest BCUT2D eigenvalue weighted by Crippen LogP contribution is 2.25. The minimum atomic E-state index is -0.0852. The Kier molecular flexibility index (Phi) is 11.4. The molecule has 2 fully saturated rings. The Labute approximate surface area is 181 Å². The molecule has 2 heterocycles. The van der Waals surface area contributed by atoms with Gasteiger partial charge < -0.3 is 20.7 Å². The van der Waals surface area contributed by atoms with E-state index in [0.717, 1.165) is 45.6 Å². The monoisotopic (exact) mass is 431 g/mol. The van der Waals surface area contributed by atoms with Gasteiger partial charge in [0, 0.05) is 37.8 Å². The molecule has 0 radical (unpaired) electrons. The van der Waals surface area contributed by atoms with Gasteiger partial charge in [0.15, 0.2) is 0 Å². The maximum atomic E-state index is 12.3. The normalized spacial score (nSPS) is 21.8. The molecule has 3 N–H and O–H groups in total. The molecule has 0 spiro atoms. The van der Waals surface area contributed by atoms with E-state index in [4.69, 9.17) is 4.74 Å². The minimum absolute atomic E-state index is 0. The Balaban J connectivity index is 0.00000196. The highest BCUT2D eigenvalue weighted by molar-refractivity contribution is 5.85. The fourth-order valence-corrected chi connectivity index (χ4v) is 4.07. The smallest absolute Gasteiger partial charge is 0.220 e. The quantitative estimate of drug-likeness (QED) is 0.590. The van der Waals surface area contributed by atoms with E-state index in [1.54, 1.807) is 0 Å². The third-order valence-electron chi connectivity index (χ3n) is 5.84. The molecule has 0 aliphatic carbocycles. The first-order valence-electron chi connectivity index (χ1n) is 10.0. The molecule has 1 aromatic rings. The van der Waals surface area contributed by atoms with Crippen LogP contribution in [-0.2, 0) is 9.53 Å². The van der Waals surface area contributed by atoms with Crippen molar-refractivity contribution in [3.8, 4) is 0 Å². The second kappa shape index (κ2) is 12.7. The summed E-state index contributed by atoms with van der Waals surface area (Å²) in [5, 5.41) is 10.4. The van der Waals surface area contributed by atoms with Crippen LogP contribution in [0.4, 0.5) is 0 Å². The molecule has 2 aliphatic rings. The molecule has 1 amide bonds. The molecule has 1 aromatic carbocycles. The summed E-state index contributed by atoms with van der Waals surface area (Å²) in [5.41, 5.74) is 1.19. The summed E-state index contributed by atoms with van der Waals surface area (Å²) in [4.78, 5) is 12.3. The van der Waals surface area contributed by atoms with E-state index in [2.05, 4.69) is 47.1 Å². The average molecular weight is 432 g/mol. The summed E-state index contributed by atoms with van der Waals surface area (Å²) in [6.07, 6.45) is 4.68. The van der Waals surface area contributed by atoms with Crippen LogP contribution in [0.3, 0.4) is 0 Å². The van der Waals surface area contributed by atoms with Gasteiger partial charge >= 0.3 is 0 Å². The molecular weight excluding hydrogens is 397 g/mol. The SMILES string of the molecule is CC(NC1(CNC(=O)CCC2CCNC2)CCOCC1)c1ccccc1.Cl.Cl. The molecule has 2 aliphatic heterocycles. The molecule has 2 unspecified atom stereocenters. The number of nitrogens with one attached hydrogen (secondary N) is 3. The van der Waals surface area contributed by atoms with Gasteiger partial charge in [-0.05, 0) is 57.2 Å². The lowest BCUT2D eigenvalue weighted by molar-refractivity contribution is -0.122. The van der Waals surface area contributed by atoms with Crippen molar-refractivity contribution in [3.63, 3.8) is 0 Å². The van der Waals surface area contributed by atoms with Crippen LogP contribution in [0.5, 0.6) is 0 Å². The van der Waals surface area contributed by atoms with Gasteiger partial charge in [0.25, 0.3) is 0 Å². The van der Waals surface area contributed by atoms with E-state index in [1.807, 2.05) is 6.07 Å². The van der Waals surface area contributed by atoms with Gasteiger partial charge in [-0.1, -0.05) is 30.3 Å². The van der Waals surface area contributed by atoms with Crippen molar-refractivity contribution in [1.29, 1.82) is 0 Å². The van der Waals surface area contributed by atoms with Crippen molar-refractivity contribution in [2.24, 2.45) is 5.92 Å². The summed E-state index contributed by atoms with van der Waals surface area (Å²) >= 11 is 0. The van der Waals surface area contributed by atoms with Gasteiger partial charge in [-0.25, -0.2) is 0 Å². The van der Waals surface area contributed by atoms with Crippen LogP contribution in [0, 0.1) is 5.92 Å². The minimum Gasteiger partial charge on any atom is -0.381 e. The van der Waals surface area contributed by atoms with Crippen molar-refractivity contribution < 1.29 is 9.53 Å². The summed E-state index contributed by atoms with van der Waals surface area (Å²) in [7, 11) is 0. The van der Waals surface area contributed by atoms with Gasteiger partial charge in [0.05, 0.1) is 0 Å². The zero-order valence-electron chi connectivity index (χ0n) is 16.7. The molecule has 0 aromatic heterocycles. The maximum Gasteiger partial charge on any atom is 0.220 e. The first-order valence-corrected chi connectivity index (χ1v) is 10.0. The number of benzene rings is 1. The molecule has 5 nitrogen and oxygen atoms in total. The van der Waals surface area contributed by atoms with Crippen LogP contribution in [0.1, 0.15) is 50.6 Å². The first kappa shape index (κ1) is 25.2. The second-order valence-corrected chi connectivity index (χ2v) is 7.84. The largest absolute Gasteiger partial charge is 0.381 e. The van der Waals surface area contributed by atoms with Gasteiger partial charge in [-0.2, -0.15) is 0 Å². The predicted octanol–water partition coefficient (Wildman–Crippen LogP) is 3.24. The van der Waals surface area contributed by atoms with Crippen LogP contribution < -0.4 is 16.0 Å². The number of carbonyl (C=O) groups excluding carboxylic acids is 1. The maximum absolute atomic E-state index is 12.3. The van der Waals surface area contributed by atoms with Crippen LogP contribution in [0.2, 0.25) is 0 Å². The summed E-state index contributed by atoms with van der Waals surface area (Å²) < 4.78 is 5.57. The molecule has 0 bridgehead atoms. The van der Waals surface area contributed by atoms with Crippen molar-refractivity contribution in [1.82, 2.24) is 16.0 Å². The van der Waals surface area contributed by atoms with Gasteiger partial charge in [0.2, 0.25) is 5.91 Å². The van der Waals surface area contributed by atoms with Gasteiger partial charge in [-0.3, -0.25) is 4.79 Å². The fourth-order valence-electron chi connectivity index (χ4n) is 4.07. The van der Waals surface area contributed by atoms with E-state index >= 15 is 0 Å². The van der Waals surface area contributed by atoms with Crippen molar-refractivity contribution >= 4 is 30.7 Å². The Morgan fingerprint density at radius 3 is 2.61 bits per heavy atom. The van der Waals surface area contributed by atoms with Crippen LogP contribution >= 0.6 is 24.8 Å². The van der Waals surface area contributed by atoms with E-state index in [1.165, 1.54) is 12.0 Å². The number of hydrogen-bond donors (Lipinski definition) is 3. The Hall–Kier alpha value is -0.850. The molecule has 28 heavy (non-hydrogen) atoms. The van der Waals surface area contributed by atoms with Crippen molar-refractivity contribution in [3.05, 3.63) is 35.9 Å². The lowest BCUT2D eigenvalue weighted by atomic mass is 9.88. The zero-order chi connectivity index (χ0) is 18.2. The molecule has 2 saturated heterocycles. The number of hydrogen-bond acceptors (Lipinski definition) is 4. The topological polar surface area (TPSA) is 62.4 Å². The van der Waals surface area contributed by atoms with Gasteiger partial charge in [-0.15, -0.1) is 24.8 Å². The third-order valence-corrected chi connectivity index (χ3v) is 5.84. The number of rotatable bonds is 8. The number of halogens is 2. The lowest BCUT2D eigenvalue weighted by Gasteiger charge is -2.40. The second-order valence-electron chi connectivity index (χ2n) is 7.84. The standard InChI is InChI=1S/C21H33N3O2.2ClH/c1-17(19-5-3-2-4-6-19)24-21(10-13-26-14-11-21)16-23-20(25)8-7-18-9-12-22-15-18;;/h2-6,17-18,22,24H,7-16H2,1H3,(H,23,25);2*1H. The van der Waals surface area contributed by atoms with Crippen molar-refractivity contribution in [2.75, 3.05) is 32.8 Å². The van der Waals surface area contributed by atoms with E-state index in [-0.39, 0.29) is 42.3 Å². The lowest BCUT2D eigenvalue weighted by Crippen LogP contribution is -2.57. The molecule has 7 heteroatoms. The van der Waals surface area contributed by atoms with Crippen molar-refractivity contribution in [2.45, 2.75) is 50.6 Å². The predicted molar refractivity (Wildman–Crippen MR) is 118 cm³/mol. The Bertz CT molecular complexity index is 562.